The molecule has 8 heteroatoms. The third-order valence-corrected chi connectivity index (χ3v) is 4.72. The summed E-state index contributed by atoms with van der Waals surface area (Å²) in [6.45, 7) is 2.42. The second kappa shape index (κ2) is 10.8. The predicted octanol–water partition coefficient (Wildman–Crippen LogP) is 4.73. The summed E-state index contributed by atoms with van der Waals surface area (Å²) in [6.07, 6.45) is 5.08. The van der Waals surface area contributed by atoms with Crippen LogP contribution in [0.5, 0.6) is 11.5 Å². The minimum Gasteiger partial charge on any atom is -0.495 e. The molecule has 1 heterocycles. The normalized spacial score (nSPS) is 10.2. The summed E-state index contributed by atoms with van der Waals surface area (Å²) >= 11 is 0. The van der Waals surface area contributed by atoms with Crippen LogP contribution in [-0.4, -0.2) is 36.8 Å². The van der Waals surface area contributed by atoms with Gasteiger partial charge >= 0.3 is 5.97 Å². The van der Waals surface area contributed by atoms with Gasteiger partial charge in [0.05, 0.1) is 37.6 Å². The number of carbonyl (C=O) groups is 1. The van der Waals surface area contributed by atoms with Gasteiger partial charge in [-0.1, -0.05) is 19.4 Å². The van der Waals surface area contributed by atoms with Crippen LogP contribution in [0.2, 0.25) is 0 Å². The Morgan fingerprint density at radius 1 is 1.03 bits per heavy atom. The van der Waals surface area contributed by atoms with Crippen molar-refractivity contribution in [3.8, 4) is 28.7 Å². The highest BCUT2D eigenvalue weighted by Crippen LogP contribution is 2.29. The molecule has 0 saturated heterocycles. The molecule has 0 spiro atoms. The smallest absolute Gasteiger partial charge is 0.338 e. The molecular weight excluding hydrogens is 408 g/mol. The van der Waals surface area contributed by atoms with Gasteiger partial charge < -0.3 is 19.5 Å². The average Bonchev–Trinajstić information content (AvgIpc) is 2.84. The quantitative estimate of drug-likeness (QED) is 0.382. The molecule has 164 valence electrons. The predicted molar refractivity (Wildman–Crippen MR) is 120 cm³/mol. The summed E-state index contributed by atoms with van der Waals surface area (Å²) in [7, 11) is 3.06. The van der Waals surface area contributed by atoms with Gasteiger partial charge in [-0.25, -0.2) is 14.8 Å². The average molecular weight is 432 g/mol. The number of carbonyl (C=O) groups excluding carboxylic acids is 1. The maximum Gasteiger partial charge on any atom is 0.338 e. The summed E-state index contributed by atoms with van der Waals surface area (Å²) in [5.41, 5.74) is 2.99. The Kier molecular flexibility index (Phi) is 7.60. The number of hydrogen-bond acceptors (Lipinski definition) is 8. The van der Waals surface area contributed by atoms with Crippen molar-refractivity contribution in [3.63, 3.8) is 0 Å². The minimum atomic E-state index is -0.393. The third-order valence-electron chi connectivity index (χ3n) is 4.72. The van der Waals surface area contributed by atoms with Gasteiger partial charge in [-0.3, -0.25) is 0 Å². The molecule has 1 aromatic heterocycles. The molecule has 0 aliphatic heterocycles. The first-order valence-corrected chi connectivity index (χ1v) is 10.1. The molecule has 0 fully saturated rings. The van der Waals surface area contributed by atoms with Crippen molar-refractivity contribution in [3.05, 3.63) is 59.9 Å². The largest absolute Gasteiger partial charge is 0.495 e. The number of benzene rings is 2. The monoisotopic (exact) mass is 432 g/mol. The molecule has 0 radical (unpaired) electrons. The number of aromatic nitrogens is 2. The van der Waals surface area contributed by atoms with E-state index in [0.29, 0.717) is 40.9 Å². The van der Waals surface area contributed by atoms with E-state index in [2.05, 4.69) is 21.4 Å². The van der Waals surface area contributed by atoms with Crippen LogP contribution in [0.4, 0.5) is 11.6 Å². The van der Waals surface area contributed by atoms with Crippen LogP contribution in [0.1, 0.15) is 35.7 Å². The Hall–Kier alpha value is -4.12. The first-order chi connectivity index (χ1) is 15.6. The van der Waals surface area contributed by atoms with Crippen molar-refractivity contribution < 1.29 is 19.0 Å². The molecule has 1 N–H and O–H groups in total. The number of unbranched alkanes of at least 4 members (excludes halogenated alkanes) is 1. The van der Waals surface area contributed by atoms with Gasteiger partial charge in [0.1, 0.15) is 17.6 Å². The molecule has 0 saturated carbocycles. The van der Waals surface area contributed by atoms with Gasteiger partial charge in [-0.2, -0.15) is 5.26 Å². The number of rotatable bonds is 9. The number of nitrogens with one attached hydrogen (secondary N) is 1. The van der Waals surface area contributed by atoms with Crippen molar-refractivity contribution in [1.82, 2.24) is 9.97 Å². The second-order valence-corrected chi connectivity index (χ2v) is 6.85. The van der Waals surface area contributed by atoms with E-state index in [4.69, 9.17) is 19.5 Å². The van der Waals surface area contributed by atoms with Gasteiger partial charge in [0.15, 0.2) is 0 Å². The molecule has 8 nitrogen and oxygen atoms in total. The zero-order valence-electron chi connectivity index (χ0n) is 18.2. The second-order valence-electron chi connectivity index (χ2n) is 6.85. The number of hydrogen-bond donors (Lipinski definition) is 1. The van der Waals surface area contributed by atoms with Gasteiger partial charge in [0, 0.05) is 18.0 Å². The lowest BCUT2D eigenvalue weighted by atomic mass is 10.1. The summed E-state index contributed by atoms with van der Waals surface area (Å²) in [5, 5.41) is 12.2. The first kappa shape index (κ1) is 22.6. The van der Waals surface area contributed by atoms with E-state index in [1.54, 1.807) is 49.8 Å². The number of anilines is 2. The van der Waals surface area contributed by atoms with Crippen LogP contribution in [0.3, 0.4) is 0 Å². The molecule has 2 aromatic carbocycles. The fourth-order valence-electron chi connectivity index (χ4n) is 2.95. The van der Waals surface area contributed by atoms with E-state index in [0.717, 1.165) is 24.0 Å². The fourth-order valence-corrected chi connectivity index (χ4v) is 2.95. The number of ether oxygens (including phenoxy) is 3. The lowest BCUT2D eigenvalue weighted by molar-refractivity contribution is 0.0500. The van der Waals surface area contributed by atoms with Crippen LogP contribution in [0.25, 0.3) is 11.1 Å². The SMILES string of the molecule is CCCCOC(=O)c1ccc(OC)c(Nc2ncc(-c3ccc(C#N)c(OC)c3)cn2)c1. The summed E-state index contributed by atoms with van der Waals surface area (Å²) in [5.74, 6) is 0.971. The summed E-state index contributed by atoms with van der Waals surface area (Å²) in [4.78, 5) is 21.0. The standard InChI is InChI=1S/C24H24N4O4/c1-4-5-10-32-23(29)17-8-9-21(30-2)20(11-17)28-24-26-14-19(15-27-24)16-6-7-18(13-25)22(12-16)31-3/h6-9,11-12,14-15H,4-5,10H2,1-3H3,(H,26,27,28). The lowest BCUT2D eigenvalue weighted by Gasteiger charge is -2.12. The molecule has 0 aliphatic rings. The van der Waals surface area contributed by atoms with Crippen LogP contribution in [0.15, 0.2) is 48.8 Å². The lowest BCUT2D eigenvalue weighted by Crippen LogP contribution is -2.07. The Morgan fingerprint density at radius 2 is 1.78 bits per heavy atom. The van der Waals surface area contributed by atoms with Crippen LogP contribution < -0.4 is 14.8 Å². The first-order valence-electron chi connectivity index (χ1n) is 10.1. The molecular formula is C24H24N4O4. The van der Waals surface area contributed by atoms with Crippen molar-refractivity contribution in [1.29, 1.82) is 5.26 Å². The van der Waals surface area contributed by atoms with Crippen LogP contribution in [0, 0.1) is 11.3 Å². The van der Waals surface area contributed by atoms with E-state index < -0.39 is 5.97 Å². The molecule has 0 aliphatic carbocycles. The highest BCUT2D eigenvalue weighted by atomic mass is 16.5. The molecule has 0 bridgehead atoms. The molecule has 3 aromatic rings. The number of nitrogens with zero attached hydrogens (tertiary/aromatic N) is 3. The molecule has 3 rings (SSSR count). The van der Waals surface area contributed by atoms with Crippen molar-refractivity contribution in [2.45, 2.75) is 19.8 Å². The highest BCUT2D eigenvalue weighted by molar-refractivity contribution is 5.91. The topological polar surface area (TPSA) is 106 Å². The maximum atomic E-state index is 12.3. The third kappa shape index (κ3) is 5.32. The maximum absolute atomic E-state index is 12.3. The van der Waals surface area contributed by atoms with Gasteiger partial charge in [0.2, 0.25) is 5.95 Å². The molecule has 0 amide bonds. The van der Waals surface area contributed by atoms with Gasteiger partial charge in [-0.15, -0.1) is 0 Å². The van der Waals surface area contributed by atoms with Gasteiger partial charge in [0.25, 0.3) is 0 Å². The van der Waals surface area contributed by atoms with Crippen LogP contribution >= 0.6 is 0 Å². The zero-order chi connectivity index (χ0) is 22.9. The van der Waals surface area contributed by atoms with Crippen molar-refractivity contribution >= 4 is 17.6 Å². The van der Waals surface area contributed by atoms with Crippen molar-refractivity contribution in [2.24, 2.45) is 0 Å². The highest BCUT2D eigenvalue weighted by Gasteiger charge is 2.13. The van der Waals surface area contributed by atoms with E-state index in [1.165, 1.54) is 7.11 Å². The fraction of sp³-hybridized carbons (Fsp3) is 0.250. The molecule has 32 heavy (non-hydrogen) atoms. The minimum absolute atomic E-state index is 0.337. The molecule has 0 atom stereocenters. The molecule has 0 unspecified atom stereocenters. The summed E-state index contributed by atoms with van der Waals surface area (Å²) < 4.78 is 15.9. The van der Waals surface area contributed by atoms with Crippen molar-refractivity contribution in [2.75, 3.05) is 26.1 Å². The number of methoxy groups -OCH3 is 2. The van der Waals surface area contributed by atoms with E-state index in [-0.39, 0.29) is 0 Å². The number of nitriles is 1. The van der Waals surface area contributed by atoms with Gasteiger partial charge in [-0.05, 0) is 42.3 Å². The Balaban J connectivity index is 1.79. The Labute approximate surface area is 186 Å². The van der Waals surface area contributed by atoms with E-state index in [9.17, 15) is 4.79 Å². The van der Waals surface area contributed by atoms with Crippen LogP contribution in [-0.2, 0) is 4.74 Å². The Morgan fingerprint density at radius 3 is 2.44 bits per heavy atom. The van der Waals surface area contributed by atoms with E-state index >= 15 is 0 Å². The zero-order valence-corrected chi connectivity index (χ0v) is 18.2. The summed E-state index contributed by atoms with van der Waals surface area (Å²) in [6, 6.07) is 12.3. The Bertz CT molecular complexity index is 1120. The van der Waals surface area contributed by atoms with E-state index in [1.807, 2.05) is 13.0 Å². The number of esters is 1.